The maximum Gasteiger partial charge on any atom is 0.262 e. The number of hydrogen-bond acceptors (Lipinski definition) is 3. The molecule has 1 amide bonds. The van der Waals surface area contributed by atoms with Gasteiger partial charge in [0.1, 0.15) is 29.0 Å². The number of nitrogens with one attached hydrogen (secondary N) is 1. The third-order valence-corrected chi connectivity index (χ3v) is 4.84. The lowest BCUT2D eigenvalue weighted by atomic mass is 9.86. The summed E-state index contributed by atoms with van der Waals surface area (Å²) >= 11 is 0. The largest absolute Gasteiger partial charge is 0.457 e. The predicted molar refractivity (Wildman–Crippen MR) is 97.3 cm³/mol. The van der Waals surface area contributed by atoms with Gasteiger partial charge in [-0.25, -0.2) is 4.39 Å². The van der Waals surface area contributed by atoms with Crippen LogP contribution in [0.1, 0.15) is 38.4 Å². The molecule has 1 aromatic carbocycles. The van der Waals surface area contributed by atoms with Crippen LogP contribution < -0.4 is 5.32 Å². The molecule has 5 heteroatoms. The Morgan fingerprint density at radius 2 is 1.96 bits per heavy atom. The van der Waals surface area contributed by atoms with Crippen molar-refractivity contribution in [1.82, 2.24) is 5.32 Å². The summed E-state index contributed by atoms with van der Waals surface area (Å²) in [5.41, 5.74) is 0.743. The third kappa shape index (κ3) is 4.20. The molecule has 1 fully saturated rings. The van der Waals surface area contributed by atoms with Crippen LogP contribution >= 0.6 is 0 Å². The van der Waals surface area contributed by atoms with Crippen LogP contribution in [0.2, 0.25) is 0 Å². The lowest BCUT2D eigenvalue weighted by Gasteiger charge is -2.29. The highest BCUT2D eigenvalue weighted by atomic mass is 19.1. The minimum atomic E-state index is -0.369. The molecule has 1 saturated carbocycles. The van der Waals surface area contributed by atoms with Crippen LogP contribution in [-0.4, -0.2) is 11.9 Å². The normalized spacial score (nSPS) is 20.4. The Morgan fingerprint density at radius 3 is 2.65 bits per heavy atom. The molecule has 0 radical (unpaired) electrons. The average molecular weight is 352 g/mol. The maximum atomic E-state index is 13.0. The highest BCUT2D eigenvalue weighted by Crippen LogP contribution is 2.25. The standard InChI is InChI=1S/C21H21FN2O2/c1-14-4-2-3-5-19(14)24-21(25)16(13-23)12-18-10-11-20(26-18)15-6-8-17(22)9-7-15/h6-12,14,19H,2-5H2,1H3,(H,24,25)/b16-12+/t14-,19-/m1/s1. The van der Waals surface area contributed by atoms with Crippen molar-refractivity contribution in [1.29, 1.82) is 5.26 Å². The molecule has 1 aliphatic carbocycles. The van der Waals surface area contributed by atoms with Gasteiger partial charge in [-0.2, -0.15) is 5.26 Å². The average Bonchev–Trinajstić information content (AvgIpc) is 3.10. The number of rotatable bonds is 4. The minimum Gasteiger partial charge on any atom is -0.457 e. The van der Waals surface area contributed by atoms with E-state index >= 15 is 0 Å². The Morgan fingerprint density at radius 1 is 1.23 bits per heavy atom. The van der Waals surface area contributed by atoms with Gasteiger partial charge >= 0.3 is 0 Å². The van der Waals surface area contributed by atoms with E-state index in [0.29, 0.717) is 17.4 Å². The Labute approximate surface area is 152 Å². The second-order valence-electron chi connectivity index (χ2n) is 6.72. The molecule has 2 aromatic rings. The van der Waals surface area contributed by atoms with Crippen LogP contribution in [0.3, 0.4) is 0 Å². The van der Waals surface area contributed by atoms with E-state index < -0.39 is 0 Å². The Bertz CT molecular complexity index is 846. The summed E-state index contributed by atoms with van der Waals surface area (Å²) in [4.78, 5) is 12.4. The topological polar surface area (TPSA) is 66.0 Å². The minimum absolute atomic E-state index is 0.0165. The van der Waals surface area contributed by atoms with E-state index in [-0.39, 0.29) is 23.3 Å². The Balaban J connectivity index is 1.73. The predicted octanol–water partition coefficient (Wildman–Crippen LogP) is 4.69. The van der Waals surface area contributed by atoms with Gasteiger partial charge in [-0.3, -0.25) is 4.79 Å². The molecular weight excluding hydrogens is 331 g/mol. The zero-order chi connectivity index (χ0) is 18.5. The molecule has 1 N–H and O–H groups in total. The van der Waals surface area contributed by atoms with Crippen molar-refractivity contribution in [3.8, 4) is 17.4 Å². The first-order chi connectivity index (χ1) is 12.6. The van der Waals surface area contributed by atoms with Gasteiger partial charge in [-0.15, -0.1) is 0 Å². The molecule has 1 heterocycles. The zero-order valence-corrected chi connectivity index (χ0v) is 14.7. The number of furan rings is 1. The third-order valence-electron chi connectivity index (χ3n) is 4.84. The second kappa shape index (κ2) is 8.01. The first kappa shape index (κ1) is 17.9. The molecule has 1 aliphatic rings. The molecule has 0 spiro atoms. The van der Waals surface area contributed by atoms with Gasteiger partial charge in [0, 0.05) is 17.7 Å². The number of amides is 1. The molecule has 1 aromatic heterocycles. The summed E-state index contributed by atoms with van der Waals surface area (Å²) in [6, 6.07) is 11.4. The fourth-order valence-electron chi connectivity index (χ4n) is 3.27. The van der Waals surface area contributed by atoms with E-state index in [1.54, 1.807) is 24.3 Å². The molecule has 3 rings (SSSR count). The molecule has 0 saturated heterocycles. The highest BCUT2D eigenvalue weighted by Gasteiger charge is 2.24. The van der Waals surface area contributed by atoms with Crippen LogP contribution in [0.25, 0.3) is 17.4 Å². The first-order valence-corrected chi connectivity index (χ1v) is 8.85. The number of carbonyl (C=O) groups is 1. The van der Waals surface area contributed by atoms with Crippen molar-refractivity contribution in [3.63, 3.8) is 0 Å². The summed E-state index contributed by atoms with van der Waals surface area (Å²) < 4.78 is 18.7. The van der Waals surface area contributed by atoms with Crippen molar-refractivity contribution >= 4 is 12.0 Å². The quantitative estimate of drug-likeness (QED) is 0.641. The van der Waals surface area contributed by atoms with Crippen LogP contribution in [0, 0.1) is 23.1 Å². The van der Waals surface area contributed by atoms with Crippen molar-refractivity contribution < 1.29 is 13.6 Å². The van der Waals surface area contributed by atoms with Crippen molar-refractivity contribution in [2.45, 2.75) is 38.6 Å². The van der Waals surface area contributed by atoms with Gasteiger partial charge in [0.2, 0.25) is 0 Å². The van der Waals surface area contributed by atoms with E-state index in [0.717, 1.165) is 24.8 Å². The van der Waals surface area contributed by atoms with Gasteiger partial charge in [0.25, 0.3) is 5.91 Å². The number of nitrogens with zero attached hydrogens (tertiary/aromatic N) is 1. The first-order valence-electron chi connectivity index (χ1n) is 8.85. The van der Waals surface area contributed by atoms with Crippen molar-refractivity contribution in [2.75, 3.05) is 0 Å². The van der Waals surface area contributed by atoms with E-state index in [2.05, 4.69) is 12.2 Å². The molecule has 2 atom stereocenters. The lowest BCUT2D eigenvalue weighted by molar-refractivity contribution is -0.118. The van der Waals surface area contributed by atoms with Crippen LogP contribution in [0.15, 0.2) is 46.4 Å². The van der Waals surface area contributed by atoms with Gasteiger partial charge in [-0.1, -0.05) is 19.8 Å². The SMILES string of the molecule is C[C@@H]1CCCC[C@H]1NC(=O)/C(C#N)=C/c1ccc(-c2ccc(F)cc2)o1. The van der Waals surface area contributed by atoms with Crippen molar-refractivity contribution in [3.05, 3.63) is 53.5 Å². The van der Waals surface area contributed by atoms with Crippen LogP contribution in [-0.2, 0) is 4.79 Å². The number of hydrogen-bond donors (Lipinski definition) is 1. The molecular formula is C21H21FN2O2. The smallest absolute Gasteiger partial charge is 0.262 e. The fraction of sp³-hybridized carbons (Fsp3) is 0.333. The molecule has 0 bridgehead atoms. The number of benzene rings is 1. The van der Waals surface area contributed by atoms with E-state index in [1.807, 2.05) is 6.07 Å². The summed E-state index contributed by atoms with van der Waals surface area (Å²) in [7, 11) is 0. The number of nitriles is 1. The summed E-state index contributed by atoms with van der Waals surface area (Å²) in [6.45, 7) is 2.13. The zero-order valence-electron chi connectivity index (χ0n) is 14.7. The van der Waals surface area contributed by atoms with E-state index in [4.69, 9.17) is 4.42 Å². The second-order valence-corrected chi connectivity index (χ2v) is 6.72. The number of carbonyl (C=O) groups excluding carboxylic acids is 1. The van der Waals surface area contributed by atoms with E-state index in [9.17, 15) is 14.4 Å². The maximum absolute atomic E-state index is 13.0. The molecule has 26 heavy (non-hydrogen) atoms. The molecule has 0 aliphatic heterocycles. The van der Waals surface area contributed by atoms with Crippen LogP contribution in [0.4, 0.5) is 4.39 Å². The van der Waals surface area contributed by atoms with Gasteiger partial charge < -0.3 is 9.73 Å². The molecule has 0 unspecified atom stereocenters. The van der Waals surface area contributed by atoms with Gasteiger partial charge in [0.05, 0.1) is 0 Å². The molecule has 4 nitrogen and oxygen atoms in total. The lowest BCUT2D eigenvalue weighted by Crippen LogP contribution is -2.41. The summed E-state index contributed by atoms with van der Waals surface area (Å²) in [5, 5.41) is 12.3. The monoisotopic (exact) mass is 352 g/mol. The van der Waals surface area contributed by atoms with Crippen LogP contribution in [0.5, 0.6) is 0 Å². The molecule has 134 valence electrons. The Hall–Kier alpha value is -2.87. The Kier molecular flexibility index (Phi) is 5.52. The number of halogens is 1. The van der Waals surface area contributed by atoms with Gasteiger partial charge in [0.15, 0.2) is 0 Å². The van der Waals surface area contributed by atoms with Crippen molar-refractivity contribution in [2.24, 2.45) is 5.92 Å². The fourth-order valence-corrected chi connectivity index (χ4v) is 3.27. The van der Waals surface area contributed by atoms with E-state index in [1.165, 1.54) is 24.6 Å². The van der Waals surface area contributed by atoms with Gasteiger partial charge in [-0.05, 0) is 55.2 Å². The summed E-state index contributed by atoms with van der Waals surface area (Å²) in [6.07, 6.45) is 5.76. The summed E-state index contributed by atoms with van der Waals surface area (Å²) in [5.74, 6) is 0.690. The highest BCUT2D eigenvalue weighted by molar-refractivity contribution is 6.01.